The molecule has 0 radical (unpaired) electrons. The third-order valence-electron chi connectivity index (χ3n) is 3.10. The van der Waals surface area contributed by atoms with Crippen LogP contribution in [0.25, 0.3) is 0 Å². The lowest BCUT2D eigenvalue weighted by Crippen LogP contribution is -2.20. The summed E-state index contributed by atoms with van der Waals surface area (Å²) in [6, 6.07) is 0. The number of aryl methyl sites for hydroxylation is 2. The highest BCUT2D eigenvalue weighted by atomic mass is 79.9. The molecule has 0 unspecified atom stereocenters. The smallest absolute Gasteiger partial charge is 0.246 e. The van der Waals surface area contributed by atoms with Crippen molar-refractivity contribution in [2.75, 3.05) is 5.32 Å². The van der Waals surface area contributed by atoms with Crippen molar-refractivity contribution in [2.45, 2.75) is 27.3 Å². The molecule has 0 saturated carbocycles. The first-order valence-electron chi connectivity index (χ1n) is 5.88. The first kappa shape index (κ1) is 13.8. The van der Waals surface area contributed by atoms with Crippen LogP contribution in [0, 0.1) is 20.8 Å². The Morgan fingerprint density at radius 2 is 2.05 bits per heavy atom. The molecule has 0 aliphatic rings. The number of nitrogens with zero attached hydrogens (tertiary/aromatic N) is 4. The van der Waals surface area contributed by atoms with Crippen LogP contribution in [-0.2, 0) is 18.4 Å². The molecule has 1 amide bonds. The third-order valence-corrected chi connectivity index (χ3v) is 4.24. The first-order valence-corrected chi connectivity index (χ1v) is 6.67. The Bertz CT molecular complexity index is 628. The zero-order valence-electron chi connectivity index (χ0n) is 11.4. The van der Waals surface area contributed by atoms with Crippen LogP contribution in [0.2, 0.25) is 0 Å². The van der Waals surface area contributed by atoms with Gasteiger partial charge >= 0.3 is 0 Å². The molecular formula is C12H16BrN5O. The molecule has 102 valence electrons. The number of anilines is 1. The molecule has 0 aliphatic heterocycles. The van der Waals surface area contributed by atoms with Crippen LogP contribution in [-0.4, -0.2) is 25.5 Å². The molecular weight excluding hydrogens is 310 g/mol. The van der Waals surface area contributed by atoms with Crippen LogP contribution in [0.3, 0.4) is 0 Å². The van der Waals surface area contributed by atoms with Crippen molar-refractivity contribution in [1.29, 1.82) is 0 Å². The molecule has 2 aromatic rings. The van der Waals surface area contributed by atoms with E-state index in [-0.39, 0.29) is 12.5 Å². The second kappa shape index (κ2) is 5.16. The number of rotatable bonds is 3. The lowest BCUT2D eigenvalue weighted by atomic mass is 10.4. The summed E-state index contributed by atoms with van der Waals surface area (Å²) in [6.07, 6.45) is 1.64. The summed E-state index contributed by atoms with van der Waals surface area (Å²) in [5.41, 5.74) is 3.47. The van der Waals surface area contributed by atoms with Crippen molar-refractivity contribution in [2.24, 2.45) is 7.05 Å². The molecule has 0 fully saturated rings. The van der Waals surface area contributed by atoms with Gasteiger partial charge in [-0.2, -0.15) is 10.2 Å². The lowest BCUT2D eigenvalue weighted by Gasteiger charge is -2.06. The zero-order valence-corrected chi connectivity index (χ0v) is 12.9. The van der Waals surface area contributed by atoms with Gasteiger partial charge in [-0.05, 0) is 36.7 Å². The van der Waals surface area contributed by atoms with Gasteiger partial charge in [0, 0.05) is 7.05 Å². The van der Waals surface area contributed by atoms with Gasteiger partial charge in [0.15, 0.2) is 0 Å². The molecule has 2 aromatic heterocycles. The molecule has 0 spiro atoms. The highest BCUT2D eigenvalue weighted by Crippen LogP contribution is 2.19. The molecule has 0 aliphatic carbocycles. The minimum atomic E-state index is -0.116. The maximum absolute atomic E-state index is 12.0. The fourth-order valence-corrected chi connectivity index (χ4v) is 2.06. The van der Waals surface area contributed by atoms with E-state index >= 15 is 0 Å². The molecule has 6 nitrogen and oxygen atoms in total. The van der Waals surface area contributed by atoms with Gasteiger partial charge < -0.3 is 5.32 Å². The van der Waals surface area contributed by atoms with Crippen molar-refractivity contribution < 1.29 is 4.79 Å². The number of carbonyl (C=O) groups is 1. The topological polar surface area (TPSA) is 64.7 Å². The summed E-state index contributed by atoms with van der Waals surface area (Å²) in [7, 11) is 1.84. The second-order valence-electron chi connectivity index (χ2n) is 4.46. The molecule has 2 rings (SSSR count). The average molecular weight is 326 g/mol. The Morgan fingerprint density at radius 1 is 1.37 bits per heavy atom. The normalized spacial score (nSPS) is 10.8. The quantitative estimate of drug-likeness (QED) is 0.937. The Hall–Kier alpha value is -1.63. The minimum absolute atomic E-state index is 0.116. The van der Waals surface area contributed by atoms with E-state index in [2.05, 4.69) is 31.4 Å². The van der Waals surface area contributed by atoms with Gasteiger partial charge in [-0.25, -0.2) is 0 Å². The SMILES string of the molecule is Cc1nn(CC(=O)Nc2cnn(C)c2C)c(C)c1Br. The number of hydrogen-bond donors (Lipinski definition) is 1. The predicted octanol–water partition coefficient (Wildman–Crippen LogP) is 1.94. The van der Waals surface area contributed by atoms with E-state index in [0.29, 0.717) is 0 Å². The van der Waals surface area contributed by atoms with Crippen LogP contribution in [0.15, 0.2) is 10.7 Å². The van der Waals surface area contributed by atoms with Crippen LogP contribution in [0.5, 0.6) is 0 Å². The van der Waals surface area contributed by atoms with Crippen LogP contribution < -0.4 is 5.32 Å². The number of amides is 1. The fraction of sp³-hybridized carbons (Fsp3) is 0.417. The highest BCUT2D eigenvalue weighted by molar-refractivity contribution is 9.10. The van der Waals surface area contributed by atoms with Crippen molar-refractivity contribution >= 4 is 27.5 Å². The van der Waals surface area contributed by atoms with Crippen LogP contribution in [0.1, 0.15) is 17.1 Å². The van der Waals surface area contributed by atoms with Crippen molar-refractivity contribution in [3.8, 4) is 0 Å². The molecule has 0 saturated heterocycles. The Kier molecular flexibility index (Phi) is 3.75. The summed E-state index contributed by atoms with van der Waals surface area (Å²) < 4.78 is 4.34. The largest absolute Gasteiger partial charge is 0.322 e. The molecule has 2 heterocycles. The number of hydrogen-bond acceptors (Lipinski definition) is 3. The molecule has 0 atom stereocenters. The van der Waals surface area contributed by atoms with Gasteiger partial charge in [0.2, 0.25) is 5.91 Å². The van der Waals surface area contributed by atoms with Crippen LogP contribution in [0.4, 0.5) is 5.69 Å². The molecule has 19 heavy (non-hydrogen) atoms. The molecule has 0 aromatic carbocycles. The molecule has 7 heteroatoms. The average Bonchev–Trinajstić information content (AvgIpc) is 2.78. The monoisotopic (exact) mass is 325 g/mol. The predicted molar refractivity (Wildman–Crippen MR) is 76.0 cm³/mol. The maximum atomic E-state index is 12.0. The highest BCUT2D eigenvalue weighted by Gasteiger charge is 2.13. The second-order valence-corrected chi connectivity index (χ2v) is 5.25. The zero-order chi connectivity index (χ0) is 14.2. The van der Waals surface area contributed by atoms with Gasteiger partial charge in [0.25, 0.3) is 0 Å². The number of aromatic nitrogens is 4. The third kappa shape index (κ3) is 2.70. The Balaban J connectivity index is 2.09. The Morgan fingerprint density at radius 3 is 2.53 bits per heavy atom. The molecule has 0 bridgehead atoms. The summed E-state index contributed by atoms with van der Waals surface area (Å²) >= 11 is 3.44. The van der Waals surface area contributed by atoms with Crippen molar-refractivity contribution in [3.05, 3.63) is 27.8 Å². The van der Waals surface area contributed by atoms with Gasteiger partial charge in [-0.3, -0.25) is 14.2 Å². The van der Waals surface area contributed by atoms with E-state index in [9.17, 15) is 4.79 Å². The molecule has 1 N–H and O–H groups in total. The summed E-state index contributed by atoms with van der Waals surface area (Å²) in [6.45, 7) is 5.92. The Labute approximate surface area is 119 Å². The van der Waals surface area contributed by atoms with Gasteiger partial charge in [0.1, 0.15) is 6.54 Å². The van der Waals surface area contributed by atoms with Crippen LogP contribution >= 0.6 is 15.9 Å². The standard InChI is InChI=1S/C12H16BrN5O/c1-7-12(13)9(3)18(16-7)6-11(19)15-10-5-14-17(4)8(10)2/h5H,6H2,1-4H3,(H,15,19). The van der Waals surface area contributed by atoms with Gasteiger partial charge in [-0.15, -0.1) is 0 Å². The van der Waals surface area contributed by atoms with E-state index in [1.54, 1.807) is 15.6 Å². The fourth-order valence-electron chi connectivity index (χ4n) is 1.78. The van der Waals surface area contributed by atoms with Crippen molar-refractivity contribution in [1.82, 2.24) is 19.6 Å². The summed E-state index contributed by atoms with van der Waals surface area (Å²) in [4.78, 5) is 12.0. The van der Waals surface area contributed by atoms with E-state index in [0.717, 1.165) is 27.2 Å². The number of nitrogens with one attached hydrogen (secondary N) is 1. The van der Waals surface area contributed by atoms with Gasteiger partial charge in [0.05, 0.1) is 33.4 Å². The number of halogens is 1. The lowest BCUT2D eigenvalue weighted by molar-refractivity contribution is -0.116. The van der Waals surface area contributed by atoms with Crippen molar-refractivity contribution in [3.63, 3.8) is 0 Å². The van der Waals surface area contributed by atoms with E-state index in [1.807, 2.05) is 27.8 Å². The van der Waals surface area contributed by atoms with E-state index in [4.69, 9.17) is 0 Å². The van der Waals surface area contributed by atoms with Gasteiger partial charge in [-0.1, -0.05) is 0 Å². The maximum Gasteiger partial charge on any atom is 0.246 e. The number of carbonyl (C=O) groups excluding carboxylic acids is 1. The van der Waals surface area contributed by atoms with E-state index in [1.165, 1.54) is 0 Å². The summed E-state index contributed by atoms with van der Waals surface area (Å²) in [5.74, 6) is -0.116. The first-order chi connectivity index (χ1) is 8.90. The summed E-state index contributed by atoms with van der Waals surface area (Å²) in [5, 5.41) is 11.2. The van der Waals surface area contributed by atoms with E-state index < -0.39 is 0 Å². The minimum Gasteiger partial charge on any atom is -0.322 e.